The molecule has 0 aromatic carbocycles. The molecule has 51 heavy (non-hydrogen) atoms. The number of allylic oxidation sites excluding steroid dienone is 1. The molecule has 9 heteroatoms. The highest BCUT2D eigenvalue weighted by molar-refractivity contribution is 7.45. The fourth-order valence-electron chi connectivity index (χ4n) is 6.04. The van der Waals surface area contributed by atoms with Crippen LogP contribution in [0.4, 0.5) is 0 Å². The van der Waals surface area contributed by atoms with Crippen LogP contribution in [-0.2, 0) is 27.9 Å². The van der Waals surface area contributed by atoms with Crippen molar-refractivity contribution in [1.29, 1.82) is 0 Å². The highest BCUT2D eigenvalue weighted by Gasteiger charge is 2.20. The molecule has 0 bridgehead atoms. The van der Waals surface area contributed by atoms with E-state index in [1.165, 1.54) is 148 Å². The fraction of sp³-hybridized carbons (Fsp3) is 0.929. The van der Waals surface area contributed by atoms with Gasteiger partial charge < -0.3 is 27.9 Å². The van der Waals surface area contributed by atoms with Crippen molar-refractivity contribution in [2.45, 2.75) is 206 Å². The summed E-state index contributed by atoms with van der Waals surface area (Å²) < 4.78 is 34.3. The van der Waals surface area contributed by atoms with E-state index in [9.17, 15) is 14.3 Å². The summed E-state index contributed by atoms with van der Waals surface area (Å²) >= 11 is 0. The summed E-state index contributed by atoms with van der Waals surface area (Å²) in [6, 6.07) is 0. The summed E-state index contributed by atoms with van der Waals surface area (Å²) in [6.07, 6.45) is 38.8. The van der Waals surface area contributed by atoms with E-state index in [1.54, 1.807) is 6.26 Å². The standard InChI is InChI=1S/C42H84NO7P/c1-6-8-10-12-14-16-18-20-21-22-24-26-28-30-32-34-37-47-39-41(40-49-51(45,46)48-38-36-43(3,4)5)50-42(44)35-33-31-29-27-25-23-19-17-15-13-11-9-7-2/h34,37,41H,6-33,35-36,38-40H2,1-5H3/b37-34-/t41-/m1/s1. The summed E-state index contributed by atoms with van der Waals surface area (Å²) in [5, 5.41) is 0. The van der Waals surface area contributed by atoms with Crippen molar-refractivity contribution in [3.63, 3.8) is 0 Å². The smallest absolute Gasteiger partial charge is 0.306 e. The van der Waals surface area contributed by atoms with Crippen molar-refractivity contribution in [1.82, 2.24) is 0 Å². The van der Waals surface area contributed by atoms with Crippen LogP contribution in [0.3, 0.4) is 0 Å². The van der Waals surface area contributed by atoms with Crippen molar-refractivity contribution >= 4 is 13.8 Å². The van der Waals surface area contributed by atoms with Crippen LogP contribution in [0.5, 0.6) is 0 Å². The molecule has 0 spiro atoms. The van der Waals surface area contributed by atoms with Gasteiger partial charge in [-0.15, -0.1) is 0 Å². The molecule has 0 aliphatic heterocycles. The molecule has 0 amide bonds. The maximum absolute atomic E-state index is 12.6. The van der Waals surface area contributed by atoms with Crippen LogP contribution < -0.4 is 4.89 Å². The van der Waals surface area contributed by atoms with Gasteiger partial charge in [0, 0.05) is 6.42 Å². The van der Waals surface area contributed by atoms with Crippen molar-refractivity contribution < 1.29 is 37.3 Å². The van der Waals surface area contributed by atoms with Gasteiger partial charge in [0.15, 0.2) is 6.10 Å². The number of phosphoric ester groups is 1. The predicted octanol–water partition coefficient (Wildman–Crippen LogP) is 12.0. The number of quaternary nitrogens is 1. The zero-order valence-corrected chi connectivity index (χ0v) is 35.2. The van der Waals surface area contributed by atoms with Gasteiger partial charge in [-0.25, -0.2) is 0 Å². The molecule has 0 saturated carbocycles. The highest BCUT2D eigenvalue weighted by Crippen LogP contribution is 2.38. The number of ether oxygens (including phenoxy) is 2. The molecule has 2 atom stereocenters. The minimum Gasteiger partial charge on any atom is -0.756 e. The molecular weight excluding hydrogens is 661 g/mol. The molecule has 304 valence electrons. The van der Waals surface area contributed by atoms with E-state index in [1.807, 2.05) is 27.2 Å². The third-order valence-corrected chi connectivity index (χ3v) is 10.4. The number of rotatable bonds is 40. The molecule has 0 rings (SSSR count). The Kier molecular flexibility index (Phi) is 35.4. The van der Waals surface area contributed by atoms with E-state index in [2.05, 4.69) is 13.8 Å². The van der Waals surface area contributed by atoms with Crippen LogP contribution in [0, 0.1) is 0 Å². The van der Waals surface area contributed by atoms with E-state index in [4.69, 9.17) is 18.5 Å². The lowest BCUT2D eigenvalue weighted by Gasteiger charge is -2.28. The second-order valence-corrected chi connectivity index (χ2v) is 17.2. The maximum atomic E-state index is 12.6. The number of likely N-dealkylation sites (N-methyl/N-ethyl adjacent to an activating group) is 1. The summed E-state index contributed by atoms with van der Waals surface area (Å²) in [4.78, 5) is 25.0. The third-order valence-electron chi connectivity index (χ3n) is 9.41. The Labute approximate surface area is 316 Å². The highest BCUT2D eigenvalue weighted by atomic mass is 31.2. The van der Waals surface area contributed by atoms with Crippen LogP contribution in [-0.4, -0.2) is 64.1 Å². The molecule has 8 nitrogen and oxygen atoms in total. The molecule has 0 aromatic rings. The van der Waals surface area contributed by atoms with Gasteiger partial charge >= 0.3 is 5.97 Å². The van der Waals surface area contributed by atoms with Gasteiger partial charge in [-0.05, 0) is 25.3 Å². The quantitative estimate of drug-likeness (QED) is 0.0203. The van der Waals surface area contributed by atoms with Crippen LogP contribution in [0.15, 0.2) is 12.3 Å². The van der Waals surface area contributed by atoms with Gasteiger partial charge in [0.25, 0.3) is 7.82 Å². The normalized spacial score (nSPS) is 13.8. The second-order valence-electron chi connectivity index (χ2n) is 15.8. The molecular formula is C42H84NO7P. The van der Waals surface area contributed by atoms with Gasteiger partial charge in [-0.1, -0.05) is 174 Å². The lowest BCUT2D eigenvalue weighted by Crippen LogP contribution is -2.37. The first-order valence-electron chi connectivity index (χ1n) is 21.5. The summed E-state index contributed by atoms with van der Waals surface area (Å²) in [5.41, 5.74) is 0. The second kappa shape index (κ2) is 36.1. The number of hydrogen-bond donors (Lipinski definition) is 0. The van der Waals surface area contributed by atoms with Gasteiger partial charge in [-0.2, -0.15) is 0 Å². The largest absolute Gasteiger partial charge is 0.756 e. The average molecular weight is 746 g/mol. The fourth-order valence-corrected chi connectivity index (χ4v) is 6.77. The average Bonchev–Trinajstić information content (AvgIpc) is 3.08. The molecule has 0 aliphatic carbocycles. The van der Waals surface area contributed by atoms with E-state index in [-0.39, 0.29) is 25.8 Å². The first-order chi connectivity index (χ1) is 24.6. The Balaban J connectivity index is 4.27. The van der Waals surface area contributed by atoms with Gasteiger partial charge in [0.1, 0.15) is 19.8 Å². The number of nitrogens with zero attached hydrogens (tertiary/aromatic N) is 1. The maximum Gasteiger partial charge on any atom is 0.306 e. The lowest BCUT2D eigenvalue weighted by molar-refractivity contribution is -0.870. The number of carbonyl (C=O) groups excluding carboxylic acids is 1. The summed E-state index contributed by atoms with van der Waals surface area (Å²) in [6.45, 7) is 4.76. The lowest BCUT2D eigenvalue weighted by atomic mass is 10.0. The van der Waals surface area contributed by atoms with Crippen LogP contribution in [0.2, 0.25) is 0 Å². The van der Waals surface area contributed by atoms with Crippen molar-refractivity contribution in [2.75, 3.05) is 47.5 Å². The van der Waals surface area contributed by atoms with E-state index in [0.717, 1.165) is 32.1 Å². The van der Waals surface area contributed by atoms with Crippen LogP contribution in [0.1, 0.15) is 200 Å². The minimum atomic E-state index is -4.53. The minimum absolute atomic E-state index is 0.0201. The Morgan fingerprint density at radius 1 is 0.608 bits per heavy atom. The zero-order chi connectivity index (χ0) is 37.7. The first kappa shape index (κ1) is 50.1. The van der Waals surface area contributed by atoms with Gasteiger partial charge in [0.2, 0.25) is 0 Å². The van der Waals surface area contributed by atoms with Crippen molar-refractivity contribution in [3.8, 4) is 0 Å². The number of esters is 1. The van der Waals surface area contributed by atoms with Crippen molar-refractivity contribution in [2.24, 2.45) is 0 Å². The van der Waals surface area contributed by atoms with E-state index < -0.39 is 13.9 Å². The molecule has 0 N–H and O–H groups in total. The number of phosphoric acid groups is 1. The number of carbonyl (C=O) groups is 1. The van der Waals surface area contributed by atoms with Crippen LogP contribution in [0.25, 0.3) is 0 Å². The van der Waals surface area contributed by atoms with Gasteiger partial charge in [0.05, 0.1) is 34.0 Å². The topological polar surface area (TPSA) is 94.1 Å². The van der Waals surface area contributed by atoms with Gasteiger partial charge in [-0.3, -0.25) is 9.36 Å². The number of hydrogen-bond acceptors (Lipinski definition) is 7. The SMILES string of the molecule is CCCCCCCCCCCCCCCC/C=C\OC[C@H](COP(=O)([O-])OCC[N+](C)(C)C)OC(=O)CCCCCCCCCCCCCCC. The Bertz CT molecular complexity index is 833. The molecule has 0 saturated heterocycles. The summed E-state index contributed by atoms with van der Waals surface area (Å²) in [5.74, 6) is -0.353. The Morgan fingerprint density at radius 3 is 1.45 bits per heavy atom. The van der Waals surface area contributed by atoms with Crippen molar-refractivity contribution in [3.05, 3.63) is 12.3 Å². The molecule has 0 radical (unpaired) electrons. The van der Waals surface area contributed by atoms with Crippen LogP contribution >= 0.6 is 7.82 Å². The molecule has 0 aromatic heterocycles. The Morgan fingerprint density at radius 2 is 1.02 bits per heavy atom. The summed E-state index contributed by atoms with van der Waals surface area (Å²) in [7, 11) is 1.34. The molecule has 0 fully saturated rings. The first-order valence-corrected chi connectivity index (χ1v) is 22.9. The van der Waals surface area contributed by atoms with E-state index >= 15 is 0 Å². The molecule has 1 unspecified atom stereocenters. The zero-order valence-electron chi connectivity index (χ0n) is 34.3. The third kappa shape index (κ3) is 40.1. The molecule has 0 aliphatic rings. The predicted molar refractivity (Wildman–Crippen MR) is 213 cm³/mol. The van der Waals surface area contributed by atoms with E-state index in [0.29, 0.717) is 17.4 Å². The molecule has 0 heterocycles. The Hall–Kier alpha value is -0.920. The monoisotopic (exact) mass is 746 g/mol. The number of unbranched alkanes of at least 4 members (excludes halogenated alkanes) is 26.